The van der Waals surface area contributed by atoms with Crippen LogP contribution in [0.5, 0.6) is 0 Å². The van der Waals surface area contributed by atoms with Crippen LogP contribution in [-0.2, 0) is 0 Å². The summed E-state index contributed by atoms with van der Waals surface area (Å²) in [5.74, 6) is 0.457. The maximum Gasteiger partial charge on any atom is 0.273 e. The van der Waals surface area contributed by atoms with Gasteiger partial charge in [-0.1, -0.05) is 16.8 Å². The maximum absolute atomic E-state index is 12.0. The zero-order chi connectivity index (χ0) is 15.7. The summed E-state index contributed by atoms with van der Waals surface area (Å²) in [6.45, 7) is 0.752. The number of carbonyl (C=O) groups excluding carboxylic acids is 1. The van der Waals surface area contributed by atoms with E-state index in [9.17, 15) is 9.90 Å². The lowest BCUT2D eigenvalue weighted by Gasteiger charge is -2.43. The maximum atomic E-state index is 12.0. The van der Waals surface area contributed by atoms with E-state index < -0.39 is 5.60 Å². The van der Waals surface area contributed by atoms with Crippen LogP contribution in [0.25, 0.3) is 10.6 Å². The number of thiophene rings is 1. The van der Waals surface area contributed by atoms with Crippen LogP contribution in [0, 0.1) is 5.92 Å². The van der Waals surface area contributed by atoms with Crippen LogP contribution in [0.15, 0.2) is 22.7 Å². The molecule has 1 aliphatic carbocycles. The van der Waals surface area contributed by atoms with E-state index in [1.165, 1.54) is 11.3 Å². The van der Waals surface area contributed by atoms with Gasteiger partial charge in [0.25, 0.3) is 5.91 Å². The molecule has 0 saturated heterocycles. The highest BCUT2D eigenvalue weighted by atomic mass is 35.5. The van der Waals surface area contributed by atoms with Gasteiger partial charge in [-0.25, -0.2) is 0 Å². The zero-order valence-corrected chi connectivity index (χ0v) is 13.3. The van der Waals surface area contributed by atoms with E-state index in [4.69, 9.17) is 21.9 Å². The molecule has 0 atom stereocenters. The van der Waals surface area contributed by atoms with Crippen molar-refractivity contribution in [3.05, 3.63) is 28.2 Å². The molecule has 8 heteroatoms. The number of halogens is 1. The quantitative estimate of drug-likeness (QED) is 0.770. The first-order valence-electron chi connectivity index (χ1n) is 6.92. The van der Waals surface area contributed by atoms with Gasteiger partial charge in [0.15, 0.2) is 11.5 Å². The molecular formula is C14H16ClN3O3S. The lowest BCUT2D eigenvalue weighted by molar-refractivity contribution is -0.0665. The molecule has 0 spiro atoms. The van der Waals surface area contributed by atoms with Crippen molar-refractivity contribution in [2.75, 3.05) is 13.1 Å². The molecular weight excluding hydrogens is 326 g/mol. The second-order valence-corrected chi connectivity index (χ2v) is 7.31. The summed E-state index contributed by atoms with van der Waals surface area (Å²) < 4.78 is 5.79. The van der Waals surface area contributed by atoms with E-state index >= 15 is 0 Å². The third kappa shape index (κ3) is 3.17. The van der Waals surface area contributed by atoms with Crippen LogP contribution < -0.4 is 11.1 Å². The molecule has 2 aromatic heterocycles. The molecule has 1 fully saturated rings. The number of aliphatic hydroxyl groups is 1. The van der Waals surface area contributed by atoms with Gasteiger partial charge in [-0.2, -0.15) is 0 Å². The molecule has 1 saturated carbocycles. The Morgan fingerprint density at radius 3 is 3.00 bits per heavy atom. The van der Waals surface area contributed by atoms with Gasteiger partial charge in [0.2, 0.25) is 0 Å². The average Bonchev–Trinajstić information content (AvgIpc) is 3.10. The monoisotopic (exact) mass is 341 g/mol. The van der Waals surface area contributed by atoms with E-state index in [1.54, 1.807) is 18.2 Å². The summed E-state index contributed by atoms with van der Waals surface area (Å²) >= 11 is 7.21. The molecule has 0 bridgehead atoms. The SMILES string of the molecule is NCC1CC(O)(CNC(=O)c2cc(-c3ccc(Cl)s3)on2)C1. The lowest BCUT2D eigenvalue weighted by atomic mass is 9.71. The Kier molecular flexibility index (Phi) is 4.22. The van der Waals surface area contributed by atoms with E-state index in [-0.39, 0.29) is 18.1 Å². The van der Waals surface area contributed by atoms with Gasteiger partial charge in [-0.05, 0) is 37.4 Å². The fraction of sp³-hybridized carbons (Fsp3) is 0.429. The Balaban J connectivity index is 1.58. The zero-order valence-electron chi connectivity index (χ0n) is 11.7. The van der Waals surface area contributed by atoms with Crippen LogP contribution >= 0.6 is 22.9 Å². The lowest BCUT2D eigenvalue weighted by Crippen LogP contribution is -2.53. The Labute approximate surface area is 136 Å². The number of aromatic nitrogens is 1. The number of hydrogen-bond acceptors (Lipinski definition) is 6. The molecule has 0 aromatic carbocycles. The summed E-state index contributed by atoms with van der Waals surface area (Å²) in [6, 6.07) is 5.12. The minimum Gasteiger partial charge on any atom is -0.388 e. The second-order valence-electron chi connectivity index (χ2n) is 5.60. The molecule has 6 nitrogen and oxygen atoms in total. The molecule has 1 amide bonds. The largest absolute Gasteiger partial charge is 0.388 e. The van der Waals surface area contributed by atoms with Gasteiger partial charge in [-0.3, -0.25) is 4.79 Å². The predicted octanol–water partition coefficient (Wildman–Crippen LogP) is 1.89. The minimum atomic E-state index is -0.854. The van der Waals surface area contributed by atoms with Crippen LogP contribution in [0.2, 0.25) is 4.34 Å². The van der Waals surface area contributed by atoms with Crippen LogP contribution in [0.4, 0.5) is 0 Å². The minimum absolute atomic E-state index is 0.179. The second kappa shape index (κ2) is 6.00. The third-order valence-electron chi connectivity index (χ3n) is 3.81. The van der Waals surface area contributed by atoms with E-state index in [1.807, 2.05) is 0 Å². The fourth-order valence-electron chi connectivity index (χ4n) is 2.61. The smallest absolute Gasteiger partial charge is 0.273 e. The van der Waals surface area contributed by atoms with E-state index in [2.05, 4.69) is 10.5 Å². The van der Waals surface area contributed by atoms with Crippen molar-refractivity contribution in [3.8, 4) is 10.6 Å². The fourth-order valence-corrected chi connectivity index (χ4v) is 3.60. The van der Waals surface area contributed by atoms with Crippen molar-refractivity contribution in [3.63, 3.8) is 0 Å². The normalized spacial score (nSPS) is 24.0. The standard InChI is InChI=1S/C14H16ClN3O3S/c15-12-2-1-11(22-12)10-3-9(18-21-10)13(19)17-7-14(20)4-8(5-14)6-16/h1-3,8,20H,4-7,16H2,(H,17,19). The molecule has 2 aromatic rings. The average molecular weight is 342 g/mol. The summed E-state index contributed by atoms with van der Waals surface area (Å²) in [4.78, 5) is 12.8. The molecule has 2 heterocycles. The van der Waals surface area contributed by atoms with E-state index in [0.717, 1.165) is 4.88 Å². The summed E-state index contributed by atoms with van der Waals surface area (Å²) in [7, 11) is 0. The van der Waals surface area contributed by atoms with Crippen molar-refractivity contribution in [2.45, 2.75) is 18.4 Å². The molecule has 22 heavy (non-hydrogen) atoms. The van der Waals surface area contributed by atoms with Gasteiger partial charge >= 0.3 is 0 Å². The Hall–Kier alpha value is -1.41. The number of rotatable bonds is 5. The van der Waals surface area contributed by atoms with Crippen LogP contribution in [-0.4, -0.2) is 34.9 Å². The third-order valence-corrected chi connectivity index (χ3v) is 5.05. The van der Waals surface area contributed by atoms with E-state index in [0.29, 0.717) is 35.4 Å². The summed E-state index contributed by atoms with van der Waals surface area (Å²) in [6.07, 6.45) is 1.23. The molecule has 0 unspecified atom stereocenters. The topological polar surface area (TPSA) is 101 Å². The Morgan fingerprint density at radius 2 is 2.36 bits per heavy atom. The number of hydrogen-bond donors (Lipinski definition) is 3. The van der Waals surface area contributed by atoms with Crippen LogP contribution in [0.1, 0.15) is 23.3 Å². The van der Waals surface area contributed by atoms with Gasteiger partial charge < -0.3 is 20.7 Å². The number of carbonyl (C=O) groups is 1. The van der Waals surface area contributed by atoms with Gasteiger partial charge in [-0.15, -0.1) is 11.3 Å². The van der Waals surface area contributed by atoms with Gasteiger partial charge in [0.05, 0.1) is 14.8 Å². The van der Waals surface area contributed by atoms with Crippen molar-refractivity contribution in [1.82, 2.24) is 10.5 Å². The number of nitrogens with two attached hydrogens (primary N) is 1. The predicted molar refractivity (Wildman–Crippen MR) is 83.9 cm³/mol. The van der Waals surface area contributed by atoms with Crippen molar-refractivity contribution in [1.29, 1.82) is 0 Å². The first-order valence-corrected chi connectivity index (χ1v) is 8.11. The first kappa shape index (κ1) is 15.5. The van der Waals surface area contributed by atoms with Crippen molar-refractivity contribution in [2.24, 2.45) is 11.7 Å². The number of amides is 1. The summed E-state index contributed by atoms with van der Waals surface area (Å²) in [5.41, 5.74) is 4.86. The molecule has 118 valence electrons. The van der Waals surface area contributed by atoms with Gasteiger partial charge in [0, 0.05) is 12.6 Å². The highest BCUT2D eigenvalue weighted by molar-refractivity contribution is 7.19. The van der Waals surface area contributed by atoms with Crippen LogP contribution in [0.3, 0.4) is 0 Å². The number of nitrogens with one attached hydrogen (secondary N) is 1. The molecule has 0 radical (unpaired) electrons. The van der Waals surface area contributed by atoms with Crippen molar-refractivity contribution < 1.29 is 14.4 Å². The summed E-state index contributed by atoms with van der Waals surface area (Å²) in [5, 5.41) is 16.6. The molecule has 1 aliphatic rings. The Bertz CT molecular complexity index is 678. The number of nitrogens with zero attached hydrogens (tertiary/aromatic N) is 1. The van der Waals surface area contributed by atoms with Crippen molar-refractivity contribution >= 4 is 28.8 Å². The molecule has 0 aliphatic heterocycles. The van der Waals surface area contributed by atoms with Gasteiger partial charge in [0.1, 0.15) is 0 Å². The Morgan fingerprint density at radius 1 is 1.59 bits per heavy atom. The first-order chi connectivity index (χ1) is 10.5. The molecule has 3 rings (SSSR count). The molecule has 4 N–H and O–H groups in total. The highest BCUT2D eigenvalue weighted by Crippen LogP contribution is 2.36. The highest BCUT2D eigenvalue weighted by Gasteiger charge is 2.41.